The summed E-state index contributed by atoms with van der Waals surface area (Å²) in [4.78, 5) is 18.5. The normalized spacial score (nSPS) is 18.9. The van der Waals surface area contributed by atoms with E-state index in [2.05, 4.69) is 4.99 Å². The number of carbonyl (C=O) groups is 1. The first-order valence-corrected chi connectivity index (χ1v) is 15.2. The van der Waals surface area contributed by atoms with Gasteiger partial charge in [-0.15, -0.1) is 0 Å². The van der Waals surface area contributed by atoms with Crippen LogP contribution in [0.1, 0.15) is 12.8 Å². The first kappa shape index (κ1) is 24.6. The van der Waals surface area contributed by atoms with Crippen molar-refractivity contribution in [2.24, 2.45) is 4.99 Å². The third kappa shape index (κ3) is 4.84. The third-order valence-corrected chi connectivity index (χ3v) is 9.79. The molecular weight excluding hydrogens is 530 g/mol. The molecule has 2 aromatic carbocycles. The monoisotopic (exact) mass is 553 g/mol. The average molecular weight is 554 g/mol. The molecule has 1 atom stereocenters. The molecule has 0 radical (unpaired) electrons. The lowest BCUT2D eigenvalue weighted by molar-refractivity contribution is -0.121. The summed E-state index contributed by atoms with van der Waals surface area (Å²) >= 11 is 9.01. The first-order valence-electron chi connectivity index (χ1n) is 11.2. The van der Waals surface area contributed by atoms with Crippen LogP contribution in [-0.2, 0) is 21.4 Å². The topological polar surface area (TPSA) is 90.2 Å². The second kappa shape index (κ2) is 10.1. The van der Waals surface area contributed by atoms with E-state index in [-0.39, 0.29) is 11.4 Å². The lowest BCUT2D eigenvalue weighted by atomic mass is 10.2. The van der Waals surface area contributed by atoms with Crippen LogP contribution in [0.4, 0.5) is 0 Å². The van der Waals surface area contributed by atoms with Gasteiger partial charge in [0.05, 0.1) is 15.1 Å². The number of thiazole rings is 1. The van der Waals surface area contributed by atoms with Gasteiger partial charge in [0, 0.05) is 36.0 Å². The zero-order valence-electron chi connectivity index (χ0n) is 19.0. The molecule has 35 heavy (non-hydrogen) atoms. The number of ether oxygens (including phenoxy) is 2. The molecule has 0 saturated carbocycles. The highest BCUT2D eigenvalue weighted by atomic mass is 35.5. The first-order chi connectivity index (χ1) is 16.9. The molecule has 5 rings (SSSR count). The van der Waals surface area contributed by atoms with Crippen molar-refractivity contribution in [3.8, 4) is 11.5 Å². The Labute approximate surface area is 216 Å². The summed E-state index contributed by atoms with van der Waals surface area (Å²) in [6, 6.07) is 8.99. The molecule has 186 valence electrons. The van der Waals surface area contributed by atoms with Crippen LogP contribution >= 0.6 is 34.7 Å². The van der Waals surface area contributed by atoms with Crippen molar-refractivity contribution in [3.05, 3.63) is 46.2 Å². The van der Waals surface area contributed by atoms with Crippen LogP contribution in [0.15, 0.2) is 46.3 Å². The number of hydrogen-bond acceptors (Lipinski definition) is 7. The van der Waals surface area contributed by atoms with E-state index in [1.165, 1.54) is 39.9 Å². The Bertz CT molecular complexity index is 1430. The molecule has 8 nitrogen and oxygen atoms in total. The van der Waals surface area contributed by atoms with Crippen molar-refractivity contribution in [2.45, 2.75) is 30.3 Å². The number of amides is 1. The highest BCUT2D eigenvalue weighted by Crippen LogP contribution is 2.36. The molecule has 1 amide bonds. The van der Waals surface area contributed by atoms with Gasteiger partial charge >= 0.3 is 0 Å². The Morgan fingerprint density at radius 2 is 1.91 bits per heavy atom. The van der Waals surface area contributed by atoms with Crippen LogP contribution in [0.3, 0.4) is 0 Å². The lowest BCUT2D eigenvalue weighted by Crippen LogP contribution is -2.40. The molecule has 1 aromatic heterocycles. The Hall–Kier alpha value is -2.05. The van der Waals surface area contributed by atoms with Crippen LogP contribution in [0.25, 0.3) is 10.2 Å². The zero-order chi connectivity index (χ0) is 24.6. The number of carbonyl (C=O) groups excluding carboxylic acids is 1. The predicted molar refractivity (Wildman–Crippen MR) is 138 cm³/mol. The van der Waals surface area contributed by atoms with Crippen LogP contribution in [0.2, 0.25) is 5.02 Å². The molecule has 3 heterocycles. The minimum atomic E-state index is -3.85. The minimum absolute atomic E-state index is 0.115. The molecule has 1 unspecified atom stereocenters. The summed E-state index contributed by atoms with van der Waals surface area (Å²) < 4.78 is 42.2. The zero-order valence-corrected chi connectivity index (χ0v) is 22.2. The smallest absolute Gasteiger partial charge is 0.266 e. The van der Waals surface area contributed by atoms with Crippen LogP contribution in [0.5, 0.6) is 11.5 Å². The quantitative estimate of drug-likeness (QED) is 0.461. The van der Waals surface area contributed by atoms with Gasteiger partial charge in [-0.3, -0.25) is 4.79 Å². The van der Waals surface area contributed by atoms with E-state index in [4.69, 9.17) is 21.1 Å². The van der Waals surface area contributed by atoms with E-state index in [9.17, 15) is 13.2 Å². The largest absolute Gasteiger partial charge is 0.486 e. The molecule has 0 bridgehead atoms. The van der Waals surface area contributed by atoms with Crippen LogP contribution in [0, 0.1) is 0 Å². The number of aryl methyl sites for hydroxylation is 1. The van der Waals surface area contributed by atoms with E-state index in [1.54, 1.807) is 11.8 Å². The van der Waals surface area contributed by atoms with E-state index < -0.39 is 22.0 Å². The third-order valence-electron chi connectivity index (χ3n) is 5.98. The van der Waals surface area contributed by atoms with Crippen molar-refractivity contribution in [3.63, 3.8) is 0 Å². The maximum Gasteiger partial charge on any atom is 0.266 e. The number of fused-ring (bicyclic) bond motifs is 2. The number of nitrogens with zero attached hydrogens (tertiary/aromatic N) is 3. The van der Waals surface area contributed by atoms with E-state index in [0.717, 1.165) is 16.0 Å². The van der Waals surface area contributed by atoms with Crippen LogP contribution < -0.4 is 14.3 Å². The molecule has 12 heteroatoms. The van der Waals surface area contributed by atoms with Gasteiger partial charge in [-0.05, 0) is 43.4 Å². The number of aromatic nitrogens is 1. The second-order valence-electron chi connectivity index (χ2n) is 8.17. The van der Waals surface area contributed by atoms with Gasteiger partial charge in [0.15, 0.2) is 16.3 Å². The fraction of sp³-hybridized carbons (Fsp3) is 0.391. The van der Waals surface area contributed by atoms with Crippen LogP contribution in [-0.4, -0.2) is 61.0 Å². The molecule has 0 aliphatic carbocycles. The number of hydrogen-bond donors (Lipinski definition) is 0. The Morgan fingerprint density at radius 3 is 2.63 bits per heavy atom. The van der Waals surface area contributed by atoms with Gasteiger partial charge in [-0.1, -0.05) is 22.9 Å². The predicted octanol–water partition coefficient (Wildman–Crippen LogP) is 3.77. The molecular formula is C23H24ClN3O5S3. The van der Waals surface area contributed by atoms with Crippen molar-refractivity contribution in [2.75, 3.05) is 31.8 Å². The van der Waals surface area contributed by atoms with Crippen molar-refractivity contribution < 1.29 is 22.7 Å². The minimum Gasteiger partial charge on any atom is -0.486 e. The average Bonchev–Trinajstić information content (AvgIpc) is 3.47. The van der Waals surface area contributed by atoms with Crippen molar-refractivity contribution in [1.82, 2.24) is 8.87 Å². The van der Waals surface area contributed by atoms with Gasteiger partial charge in [0.2, 0.25) is 10.0 Å². The Kier molecular flexibility index (Phi) is 7.13. The molecule has 2 aliphatic rings. The number of benzene rings is 2. The second-order valence-corrected chi connectivity index (χ2v) is 12.5. The summed E-state index contributed by atoms with van der Waals surface area (Å²) in [7, 11) is -3.85. The fourth-order valence-corrected chi connectivity index (χ4v) is 7.49. The number of halogens is 1. The SMILES string of the molecule is CSCCn1c(=NC(=O)C2CCCN2S(=O)(=O)c2ccc(Cl)cc2)sc2cc3c(cc21)OCCO3. The number of rotatable bonds is 6. The Balaban J connectivity index is 1.52. The van der Waals surface area contributed by atoms with Gasteiger partial charge in [-0.2, -0.15) is 21.1 Å². The summed E-state index contributed by atoms with van der Waals surface area (Å²) in [6.07, 6.45) is 3.05. The fourth-order valence-electron chi connectivity index (χ4n) is 4.28. The molecule has 1 fully saturated rings. The standard InChI is InChI=1S/C23H24ClN3O5S3/c1-33-12-9-26-18-13-19-20(32-11-10-31-19)14-21(18)34-23(26)25-22(28)17-3-2-8-27(17)35(29,30)16-6-4-15(24)5-7-16/h4-7,13-14,17H,2-3,8-12H2,1H3. The molecule has 1 saturated heterocycles. The maximum absolute atomic E-state index is 13.4. The highest BCUT2D eigenvalue weighted by Gasteiger charge is 2.39. The summed E-state index contributed by atoms with van der Waals surface area (Å²) in [5.74, 6) is 1.73. The number of sulfonamides is 1. The van der Waals surface area contributed by atoms with Gasteiger partial charge in [0.25, 0.3) is 5.91 Å². The summed E-state index contributed by atoms with van der Waals surface area (Å²) in [5.41, 5.74) is 0.914. The molecule has 2 aliphatic heterocycles. The van der Waals surface area contributed by atoms with Gasteiger partial charge in [-0.25, -0.2) is 8.42 Å². The highest BCUT2D eigenvalue weighted by molar-refractivity contribution is 7.98. The number of thioether (sulfide) groups is 1. The summed E-state index contributed by atoms with van der Waals surface area (Å²) in [6.45, 7) is 1.91. The molecule has 0 spiro atoms. The summed E-state index contributed by atoms with van der Waals surface area (Å²) in [5, 5.41) is 0.449. The van der Waals surface area contributed by atoms with E-state index in [0.29, 0.717) is 53.9 Å². The Morgan fingerprint density at radius 1 is 1.20 bits per heavy atom. The van der Waals surface area contributed by atoms with Gasteiger partial charge in [0.1, 0.15) is 19.3 Å². The maximum atomic E-state index is 13.4. The molecule has 0 N–H and O–H groups in total. The van der Waals surface area contributed by atoms with Crippen molar-refractivity contribution in [1.29, 1.82) is 0 Å². The van der Waals surface area contributed by atoms with Crippen molar-refractivity contribution >= 4 is 60.8 Å². The molecule has 3 aromatic rings. The lowest BCUT2D eigenvalue weighted by Gasteiger charge is -2.21. The van der Waals surface area contributed by atoms with Gasteiger partial charge < -0.3 is 14.0 Å². The van der Waals surface area contributed by atoms with E-state index in [1.807, 2.05) is 23.0 Å². The van der Waals surface area contributed by atoms with E-state index >= 15 is 0 Å².